The van der Waals surface area contributed by atoms with E-state index in [0.717, 1.165) is 24.3 Å². The number of carbonyl (C=O) groups is 2. The van der Waals surface area contributed by atoms with Crippen LogP contribution in [-0.2, 0) is 4.79 Å². The molecule has 0 spiro atoms. The van der Waals surface area contributed by atoms with Gasteiger partial charge in [-0.1, -0.05) is 6.07 Å². The second-order valence-corrected chi connectivity index (χ2v) is 8.58. The number of nitrogens with one attached hydrogen (secondary N) is 1. The van der Waals surface area contributed by atoms with E-state index in [0.29, 0.717) is 13.1 Å². The van der Waals surface area contributed by atoms with Gasteiger partial charge in [-0.3, -0.25) is 9.59 Å². The van der Waals surface area contributed by atoms with E-state index in [1.807, 2.05) is 36.5 Å². The summed E-state index contributed by atoms with van der Waals surface area (Å²) in [5, 5.41) is 9.20. The molecule has 7 heteroatoms. The minimum Gasteiger partial charge on any atom is -0.354 e. The summed E-state index contributed by atoms with van der Waals surface area (Å²) in [5.74, 6) is -0.0318. The van der Waals surface area contributed by atoms with E-state index in [1.54, 1.807) is 11.3 Å². The van der Waals surface area contributed by atoms with E-state index in [4.69, 9.17) is 0 Å². The van der Waals surface area contributed by atoms with Gasteiger partial charge in [-0.2, -0.15) is 11.3 Å². The van der Waals surface area contributed by atoms with Crippen molar-refractivity contribution in [2.45, 2.75) is 18.9 Å². The molecule has 3 rings (SSSR count). The lowest BCUT2D eigenvalue weighted by atomic mass is 9.96. The van der Waals surface area contributed by atoms with Gasteiger partial charge in [-0.15, -0.1) is 11.3 Å². The van der Waals surface area contributed by atoms with Gasteiger partial charge in [0, 0.05) is 19.6 Å². The van der Waals surface area contributed by atoms with Crippen LogP contribution in [0.5, 0.6) is 0 Å². The Bertz CT molecular complexity index is 713. The summed E-state index contributed by atoms with van der Waals surface area (Å²) >= 11 is 3.12. The minimum atomic E-state index is -0.127. The highest BCUT2D eigenvalue weighted by Gasteiger charge is 2.29. The monoisotopic (exact) mass is 391 g/mol. The molecule has 0 saturated carbocycles. The van der Waals surface area contributed by atoms with Gasteiger partial charge in [-0.05, 0) is 60.8 Å². The number of hydrogen-bond acceptors (Lipinski definition) is 5. The predicted molar refractivity (Wildman–Crippen MR) is 107 cm³/mol. The van der Waals surface area contributed by atoms with Crippen LogP contribution in [0.2, 0.25) is 0 Å². The second-order valence-electron chi connectivity index (χ2n) is 6.85. The molecule has 5 nitrogen and oxygen atoms in total. The first-order valence-electron chi connectivity index (χ1n) is 8.85. The van der Waals surface area contributed by atoms with Crippen LogP contribution in [0.1, 0.15) is 34.1 Å². The van der Waals surface area contributed by atoms with E-state index in [2.05, 4.69) is 27.0 Å². The number of amides is 2. The molecular weight excluding hydrogens is 366 g/mol. The zero-order valence-corrected chi connectivity index (χ0v) is 16.8. The maximum Gasteiger partial charge on any atom is 0.263 e. The highest BCUT2D eigenvalue weighted by atomic mass is 32.1. The zero-order valence-electron chi connectivity index (χ0n) is 15.2. The van der Waals surface area contributed by atoms with Gasteiger partial charge in [0.25, 0.3) is 5.91 Å². The fraction of sp³-hybridized carbons (Fsp3) is 0.474. The molecule has 0 radical (unpaired) electrons. The normalized spacial score (nSPS) is 18.7. The van der Waals surface area contributed by atoms with Gasteiger partial charge >= 0.3 is 0 Å². The number of piperidine rings is 1. The molecule has 3 heterocycles. The quantitative estimate of drug-likeness (QED) is 0.823. The molecule has 0 aromatic carbocycles. The van der Waals surface area contributed by atoms with Crippen LogP contribution in [0, 0.1) is 5.92 Å². The Kier molecular flexibility index (Phi) is 6.45. The molecule has 1 fully saturated rings. The Morgan fingerprint density at radius 3 is 2.85 bits per heavy atom. The molecule has 1 saturated heterocycles. The summed E-state index contributed by atoms with van der Waals surface area (Å²) < 4.78 is 0. The maximum absolute atomic E-state index is 12.7. The summed E-state index contributed by atoms with van der Waals surface area (Å²) in [5.41, 5.74) is 1.22. The SMILES string of the molecule is CN(C)[C@H](CNC(=O)[C@@H]1CCCN(C(=O)c2cccs2)C1)c1ccsc1. The van der Waals surface area contributed by atoms with E-state index in [1.165, 1.54) is 16.9 Å². The molecule has 2 atom stereocenters. The highest BCUT2D eigenvalue weighted by molar-refractivity contribution is 7.12. The number of nitrogens with zero attached hydrogens (tertiary/aromatic N) is 2. The highest BCUT2D eigenvalue weighted by Crippen LogP contribution is 2.22. The fourth-order valence-electron chi connectivity index (χ4n) is 3.34. The van der Waals surface area contributed by atoms with Crippen molar-refractivity contribution in [2.75, 3.05) is 33.7 Å². The van der Waals surface area contributed by atoms with Gasteiger partial charge in [0.05, 0.1) is 16.8 Å². The molecule has 1 aliphatic heterocycles. The van der Waals surface area contributed by atoms with Crippen molar-refractivity contribution >= 4 is 34.5 Å². The molecular formula is C19H25N3O2S2. The Balaban J connectivity index is 1.56. The average Bonchev–Trinajstić information content (AvgIpc) is 3.35. The van der Waals surface area contributed by atoms with Crippen molar-refractivity contribution in [3.05, 3.63) is 44.8 Å². The number of hydrogen-bond donors (Lipinski definition) is 1. The summed E-state index contributed by atoms with van der Waals surface area (Å²) in [6.45, 7) is 1.82. The van der Waals surface area contributed by atoms with E-state index in [9.17, 15) is 9.59 Å². The molecule has 2 aromatic rings. The van der Waals surface area contributed by atoms with Crippen molar-refractivity contribution in [3.8, 4) is 0 Å². The summed E-state index contributed by atoms with van der Waals surface area (Å²) in [4.78, 5) is 29.9. The molecule has 26 heavy (non-hydrogen) atoms. The van der Waals surface area contributed by atoms with E-state index < -0.39 is 0 Å². The summed E-state index contributed by atoms with van der Waals surface area (Å²) in [7, 11) is 4.05. The molecule has 0 aliphatic carbocycles. The molecule has 1 N–H and O–H groups in total. The third-order valence-corrected chi connectivity index (χ3v) is 6.39. The van der Waals surface area contributed by atoms with Crippen molar-refractivity contribution in [1.82, 2.24) is 15.1 Å². The Morgan fingerprint density at radius 2 is 2.19 bits per heavy atom. The van der Waals surface area contributed by atoms with Crippen molar-refractivity contribution in [3.63, 3.8) is 0 Å². The van der Waals surface area contributed by atoms with Crippen LogP contribution in [0.4, 0.5) is 0 Å². The van der Waals surface area contributed by atoms with Gasteiger partial charge in [0.1, 0.15) is 0 Å². The first kappa shape index (κ1) is 19.1. The molecule has 2 amide bonds. The number of likely N-dealkylation sites (tertiary alicyclic amines) is 1. The average molecular weight is 392 g/mol. The van der Waals surface area contributed by atoms with Crippen LogP contribution in [0.25, 0.3) is 0 Å². The van der Waals surface area contributed by atoms with Gasteiger partial charge < -0.3 is 15.1 Å². The third kappa shape index (κ3) is 4.52. The van der Waals surface area contributed by atoms with Crippen molar-refractivity contribution in [1.29, 1.82) is 0 Å². The minimum absolute atomic E-state index is 0.0435. The molecule has 1 aliphatic rings. The first-order chi connectivity index (χ1) is 12.6. The second kappa shape index (κ2) is 8.79. The predicted octanol–water partition coefficient (Wildman–Crippen LogP) is 3.08. The largest absolute Gasteiger partial charge is 0.354 e. The standard InChI is InChI=1S/C19H25N3O2S2/c1-21(2)16(15-7-10-25-13-15)11-20-18(23)14-5-3-8-22(12-14)19(24)17-6-4-9-26-17/h4,6-7,9-10,13-14,16H,3,5,8,11-12H2,1-2H3,(H,20,23)/t14-,16-/m1/s1. The molecule has 140 valence electrons. The lowest BCUT2D eigenvalue weighted by Gasteiger charge is -2.32. The molecule has 0 bridgehead atoms. The van der Waals surface area contributed by atoms with Crippen LogP contribution < -0.4 is 5.32 Å². The van der Waals surface area contributed by atoms with Crippen LogP contribution in [0.3, 0.4) is 0 Å². The van der Waals surface area contributed by atoms with Crippen LogP contribution in [0.15, 0.2) is 34.3 Å². The van der Waals surface area contributed by atoms with E-state index >= 15 is 0 Å². The number of likely N-dealkylation sites (N-methyl/N-ethyl adjacent to an activating group) is 1. The smallest absolute Gasteiger partial charge is 0.263 e. The number of carbonyl (C=O) groups excluding carboxylic acids is 2. The lowest BCUT2D eigenvalue weighted by Crippen LogP contribution is -2.46. The van der Waals surface area contributed by atoms with Crippen molar-refractivity contribution < 1.29 is 9.59 Å². The summed E-state index contributed by atoms with van der Waals surface area (Å²) in [6, 6.07) is 6.00. The molecule has 2 aromatic heterocycles. The summed E-state index contributed by atoms with van der Waals surface area (Å²) in [6.07, 6.45) is 1.71. The molecule has 0 unspecified atom stereocenters. The fourth-order valence-corrected chi connectivity index (χ4v) is 4.73. The Labute approximate surface area is 162 Å². The Morgan fingerprint density at radius 1 is 1.35 bits per heavy atom. The van der Waals surface area contributed by atoms with Gasteiger partial charge in [-0.25, -0.2) is 0 Å². The first-order valence-corrected chi connectivity index (χ1v) is 10.7. The van der Waals surface area contributed by atoms with E-state index in [-0.39, 0.29) is 23.8 Å². The zero-order chi connectivity index (χ0) is 18.5. The van der Waals surface area contributed by atoms with Crippen molar-refractivity contribution in [2.24, 2.45) is 5.92 Å². The lowest BCUT2D eigenvalue weighted by molar-refractivity contribution is -0.126. The number of thiophene rings is 2. The van der Waals surface area contributed by atoms with Crippen LogP contribution in [-0.4, -0.2) is 55.3 Å². The van der Waals surface area contributed by atoms with Gasteiger partial charge in [0.15, 0.2) is 0 Å². The van der Waals surface area contributed by atoms with Crippen LogP contribution >= 0.6 is 22.7 Å². The topological polar surface area (TPSA) is 52.7 Å². The number of rotatable bonds is 6. The Hall–Kier alpha value is -1.70. The third-order valence-electron chi connectivity index (χ3n) is 4.83. The van der Waals surface area contributed by atoms with Gasteiger partial charge in [0.2, 0.25) is 5.91 Å². The maximum atomic E-state index is 12.7.